The monoisotopic (exact) mass is 322 g/mol. The molecule has 122 valence electrons. The van der Waals surface area contributed by atoms with Crippen LogP contribution in [-0.2, 0) is 16.1 Å². The maximum atomic E-state index is 12.0. The van der Waals surface area contributed by atoms with Crippen LogP contribution in [0.25, 0.3) is 6.08 Å². The number of hydrogen-bond acceptors (Lipinski definition) is 4. The summed E-state index contributed by atoms with van der Waals surface area (Å²) in [6.07, 6.45) is 8.94. The van der Waals surface area contributed by atoms with Crippen LogP contribution in [0.2, 0.25) is 0 Å². The first-order chi connectivity index (χ1) is 11.7. The Kier molecular flexibility index (Phi) is 5.04. The van der Waals surface area contributed by atoms with Gasteiger partial charge in [0, 0.05) is 18.9 Å². The number of carbonyl (C=O) groups excluding carboxylic acids is 1. The number of rotatable bonds is 5. The fourth-order valence-electron chi connectivity index (χ4n) is 2.55. The van der Waals surface area contributed by atoms with E-state index < -0.39 is 0 Å². The molecule has 0 radical (unpaired) electrons. The summed E-state index contributed by atoms with van der Waals surface area (Å²) >= 11 is 0. The summed E-state index contributed by atoms with van der Waals surface area (Å²) < 4.78 is 7.36. The lowest BCUT2D eigenvalue weighted by Crippen LogP contribution is -2.15. The Labute approximate surface area is 140 Å². The van der Waals surface area contributed by atoms with Crippen LogP contribution in [-0.4, -0.2) is 28.4 Å². The average molecular weight is 322 g/mol. The molecule has 1 aromatic carbocycles. The molecule has 3 rings (SSSR count). The van der Waals surface area contributed by atoms with Crippen molar-refractivity contribution < 1.29 is 9.53 Å². The molecule has 1 atom stereocenters. The number of nitrogens with one attached hydrogen (secondary N) is 1. The van der Waals surface area contributed by atoms with Gasteiger partial charge in [-0.15, -0.1) is 0 Å². The molecule has 1 N–H and O–H groups in total. The van der Waals surface area contributed by atoms with Crippen molar-refractivity contribution in [2.24, 2.45) is 0 Å². The van der Waals surface area contributed by atoms with Gasteiger partial charge in [-0.2, -0.15) is 10.4 Å². The van der Waals surface area contributed by atoms with E-state index in [1.54, 1.807) is 47.4 Å². The maximum absolute atomic E-state index is 12.0. The van der Waals surface area contributed by atoms with Gasteiger partial charge in [0.25, 0.3) is 0 Å². The Bertz CT molecular complexity index is 765. The summed E-state index contributed by atoms with van der Waals surface area (Å²) in [7, 11) is 0. The van der Waals surface area contributed by atoms with E-state index in [1.165, 1.54) is 6.08 Å². The molecule has 2 heterocycles. The molecule has 1 aliphatic rings. The zero-order valence-corrected chi connectivity index (χ0v) is 13.2. The van der Waals surface area contributed by atoms with Crippen LogP contribution in [0, 0.1) is 11.3 Å². The van der Waals surface area contributed by atoms with Gasteiger partial charge in [0.2, 0.25) is 5.91 Å². The van der Waals surface area contributed by atoms with Gasteiger partial charge in [-0.1, -0.05) is 12.1 Å². The summed E-state index contributed by atoms with van der Waals surface area (Å²) in [4.78, 5) is 12.0. The molecule has 0 unspecified atom stereocenters. The van der Waals surface area contributed by atoms with Gasteiger partial charge in [-0.25, -0.2) is 0 Å². The molecule has 1 saturated heterocycles. The van der Waals surface area contributed by atoms with E-state index in [0.29, 0.717) is 17.8 Å². The minimum Gasteiger partial charge on any atom is -0.376 e. The van der Waals surface area contributed by atoms with Crippen LogP contribution in [0.3, 0.4) is 0 Å². The largest absolute Gasteiger partial charge is 0.376 e. The van der Waals surface area contributed by atoms with E-state index in [1.807, 2.05) is 0 Å². The first kappa shape index (κ1) is 16.0. The lowest BCUT2D eigenvalue weighted by molar-refractivity contribution is -0.111. The third-order valence-corrected chi connectivity index (χ3v) is 3.78. The van der Waals surface area contributed by atoms with Crippen LogP contribution in [0.4, 0.5) is 5.69 Å². The predicted molar refractivity (Wildman–Crippen MR) is 90.0 cm³/mol. The van der Waals surface area contributed by atoms with Gasteiger partial charge >= 0.3 is 0 Å². The van der Waals surface area contributed by atoms with E-state index in [2.05, 4.69) is 16.5 Å². The molecule has 1 amide bonds. The number of hydrogen-bond donors (Lipinski definition) is 1. The van der Waals surface area contributed by atoms with Crippen LogP contribution in [0.15, 0.2) is 42.7 Å². The number of nitrogens with zero attached hydrogens (tertiary/aromatic N) is 3. The van der Waals surface area contributed by atoms with Crippen molar-refractivity contribution in [1.82, 2.24) is 9.78 Å². The molecule has 6 nitrogen and oxygen atoms in total. The Balaban J connectivity index is 1.53. The average Bonchev–Trinajstić information content (AvgIpc) is 3.26. The molecule has 1 fully saturated rings. The zero-order valence-electron chi connectivity index (χ0n) is 13.2. The second kappa shape index (κ2) is 7.57. The molecular weight excluding hydrogens is 304 g/mol. The first-order valence-electron chi connectivity index (χ1n) is 7.86. The SMILES string of the molecule is N#Cc1ccc(/C=C/C(=O)Nc2cnn(C[C@@H]3CCCO3)c2)cc1. The third-order valence-electron chi connectivity index (χ3n) is 3.78. The standard InChI is InChI=1S/C18H18N4O2/c19-10-15-5-3-14(4-6-15)7-8-18(23)21-16-11-20-22(12-16)13-17-2-1-9-24-17/h3-8,11-12,17H,1-2,9,13H2,(H,21,23)/b8-7+/t17-/m0/s1. The number of nitriles is 1. The molecule has 0 spiro atoms. The Morgan fingerprint density at radius 1 is 1.46 bits per heavy atom. The molecule has 1 aromatic heterocycles. The number of ether oxygens (including phenoxy) is 1. The second-order valence-corrected chi connectivity index (χ2v) is 5.64. The molecule has 2 aromatic rings. The quantitative estimate of drug-likeness (QED) is 0.858. The molecule has 0 bridgehead atoms. The summed E-state index contributed by atoms with van der Waals surface area (Å²) in [6.45, 7) is 1.52. The van der Waals surface area contributed by atoms with E-state index in [0.717, 1.165) is 25.0 Å². The van der Waals surface area contributed by atoms with Crippen molar-refractivity contribution >= 4 is 17.7 Å². The fraction of sp³-hybridized carbons (Fsp3) is 0.278. The minimum absolute atomic E-state index is 0.213. The number of amides is 1. The highest BCUT2D eigenvalue weighted by Crippen LogP contribution is 2.15. The lowest BCUT2D eigenvalue weighted by Gasteiger charge is -2.08. The normalized spacial score (nSPS) is 17.0. The number of anilines is 1. The van der Waals surface area contributed by atoms with E-state index >= 15 is 0 Å². The van der Waals surface area contributed by atoms with Crippen LogP contribution >= 0.6 is 0 Å². The van der Waals surface area contributed by atoms with Crippen molar-refractivity contribution in [3.05, 3.63) is 53.9 Å². The summed E-state index contributed by atoms with van der Waals surface area (Å²) in [5.74, 6) is -0.226. The summed E-state index contributed by atoms with van der Waals surface area (Å²) in [5, 5.41) is 15.8. The van der Waals surface area contributed by atoms with Crippen LogP contribution in [0.1, 0.15) is 24.0 Å². The first-order valence-corrected chi connectivity index (χ1v) is 7.86. The highest BCUT2D eigenvalue weighted by Gasteiger charge is 2.16. The van der Waals surface area contributed by atoms with Crippen molar-refractivity contribution in [3.8, 4) is 6.07 Å². The van der Waals surface area contributed by atoms with Gasteiger partial charge in [0.15, 0.2) is 0 Å². The molecule has 0 saturated carbocycles. The second-order valence-electron chi connectivity index (χ2n) is 5.64. The summed E-state index contributed by atoms with van der Waals surface area (Å²) in [5.41, 5.74) is 2.11. The van der Waals surface area contributed by atoms with Gasteiger partial charge in [0.1, 0.15) is 0 Å². The number of benzene rings is 1. The fourth-order valence-corrected chi connectivity index (χ4v) is 2.55. The lowest BCUT2D eigenvalue weighted by atomic mass is 10.1. The maximum Gasteiger partial charge on any atom is 0.248 e. The van der Waals surface area contributed by atoms with Crippen molar-refractivity contribution in [2.45, 2.75) is 25.5 Å². The molecular formula is C18H18N4O2. The summed E-state index contributed by atoms with van der Waals surface area (Å²) in [6, 6.07) is 9.08. The number of aromatic nitrogens is 2. The smallest absolute Gasteiger partial charge is 0.248 e. The molecule has 0 aliphatic carbocycles. The van der Waals surface area contributed by atoms with Crippen LogP contribution < -0.4 is 5.32 Å². The Hall–Kier alpha value is -2.91. The van der Waals surface area contributed by atoms with Crippen molar-refractivity contribution in [3.63, 3.8) is 0 Å². The van der Waals surface area contributed by atoms with Gasteiger partial charge in [-0.05, 0) is 36.6 Å². The number of carbonyl (C=O) groups is 1. The van der Waals surface area contributed by atoms with Gasteiger partial charge < -0.3 is 10.1 Å². The van der Waals surface area contributed by atoms with E-state index in [9.17, 15) is 4.79 Å². The minimum atomic E-state index is -0.226. The molecule has 24 heavy (non-hydrogen) atoms. The van der Waals surface area contributed by atoms with Crippen LogP contribution in [0.5, 0.6) is 0 Å². The highest BCUT2D eigenvalue weighted by molar-refractivity contribution is 6.01. The van der Waals surface area contributed by atoms with Gasteiger partial charge in [0.05, 0.1) is 36.2 Å². The predicted octanol–water partition coefficient (Wildman–Crippen LogP) is 2.59. The molecule has 1 aliphatic heterocycles. The Morgan fingerprint density at radius 2 is 2.29 bits per heavy atom. The van der Waals surface area contributed by atoms with E-state index in [4.69, 9.17) is 10.00 Å². The third kappa shape index (κ3) is 4.31. The van der Waals surface area contributed by atoms with Crippen molar-refractivity contribution in [1.29, 1.82) is 5.26 Å². The highest BCUT2D eigenvalue weighted by atomic mass is 16.5. The Morgan fingerprint density at radius 3 is 3.00 bits per heavy atom. The van der Waals surface area contributed by atoms with E-state index in [-0.39, 0.29) is 12.0 Å². The molecule has 6 heteroatoms. The van der Waals surface area contributed by atoms with Crippen molar-refractivity contribution in [2.75, 3.05) is 11.9 Å². The van der Waals surface area contributed by atoms with Gasteiger partial charge in [-0.3, -0.25) is 9.48 Å². The zero-order chi connectivity index (χ0) is 16.8. The topological polar surface area (TPSA) is 79.9 Å².